The maximum atomic E-state index is 10.0. The first-order valence-electron chi connectivity index (χ1n) is 5.77. The van der Waals surface area contributed by atoms with Crippen LogP contribution >= 0.6 is 0 Å². The number of aliphatic hydroxyl groups is 1. The van der Waals surface area contributed by atoms with Crippen LogP contribution in [0, 0.1) is 5.92 Å². The molecule has 3 N–H and O–H groups in total. The molecular weight excluding hydrogens is 202 g/mol. The van der Waals surface area contributed by atoms with Gasteiger partial charge in [-0.3, -0.25) is 0 Å². The Bertz CT molecular complexity index is 359. The Hall–Kier alpha value is -1.06. The normalized spacial score (nSPS) is 19.2. The maximum Gasteiger partial charge on any atom is 0.119 e. The average molecular weight is 221 g/mol. The van der Waals surface area contributed by atoms with Crippen LogP contribution in [0.4, 0.5) is 0 Å². The lowest BCUT2D eigenvalue weighted by molar-refractivity contribution is 0.0665. The molecule has 1 aromatic rings. The fraction of sp³-hybridized carbons (Fsp3) is 0.538. The van der Waals surface area contributed by atoms with Gasteiger partial charge in [0.05, 0.1) is 12.2 Å². The van der Waals surface area contributed by atoms with E-state index in [9.17, 15) is 5.11 Å². The SMILES string of the molecule is C[C@](O)(CN)c1cccc(OCC2CC2)c1. The van der Waals surface area contributed by atoms with Crippen LogP contribution in [-0.2, 0) is 5.60 Å². The van der Waals surface area contributed by atoms with E-state index in [1.807, 2.05) is 24.3 Å². The van der Waals surface area contributed by atoms with Crippen molar-refractivity contribution >= 4 is 0 Å². The summed E-state index contributed by atoms with van der Waals surface area (Å²) in [5.74, 6) is 1.55. The molecule has 0 unspecified atom stereocenters. The highest BCUT2D eigenvalue weighted by Crippen LogP contribution is 2.30. The van der Waals surface area contributed by atoms with E-state index in [0.717, 1.165) is 23.8 Å². The molecule has 16 heavy (non-hydrogen) atoms. The molecule has 0 aromatic heterocycles. The fourth-order valence-corrected chi connectivity index (χ4v) is 1.54. The molecule has 0 heterocycles. The lowest BCUT2D eigenvalue weighted by Gasteiger charge is -2.22. The molecular formula is C13H19NO2. The van der Waals surface area contributed by atoms with Crippen LogP contribution in [0.2, 0.25) is 0 Å². The van der Waals surface area contributed by atoms with E-state index in [1.165, 1.54) is 12.8 Å². The largest absolute Gasteiger partial charge is 0.493 e. The first-order valence-corrected chi connectivity index (χ1v) is 5.77. The molecule has 1 atom stereocenters. The molecule has 1 aromatic carbocycles. The first kappa shape index (κ1) is 11.4. The molecule has 0 amide bonds. The zero-order valence-corrected chi connectivity index (χ0v) is 9.65. The fourth-order valence-electron chi connectivity index (χ4n) is 1.54. The third-order valence-corrected chi connectivity index (χ3v) is 3.04. The van der Waals surface area contributed by atoms with Gasteiger partial charge in [0.1, 0.15) is 5.75 Å². The molecule has 3 heteroatoms. The average Bonchev–Trinajstić information content (AvgIpc) is 3.11. The van der Waals surface area contributed by atoms with Crippen molar-refractivity contribution in [2.45, 2.75) is 25.4 Å². The van der Waals surface area contributed by atoms with Crippen LogP contribution < -0.4 is 10.5 Å². The van der Waals surface area contributed by atoms with Crippen LogP contribution in [0.1, 0.15) is 25.3 Å². The molecule has 1 saturated carbocycles. The van der Waals surface area contributed by atoms with Crippen molar-refractivity contribution in [1.29, 1.82) is 0 Å². The summed E-state index contributed by atoms with van der Waals surface area (Å²) >= 11 is 0. The van der Waals surface area contributed by atoms with Crippen molar-refractivity contribution < 1.29 is 9.84 Å². The Morgan fingerprint density at radius 1 is 1.50 bits per heavy atom. The minimum Gasteiger partial charge on any atom is -0.493 e. The number of hydrogen-bond acceptors (Lipinski definition) is 3. The topological polar surface area (TPSA) is 55.5 Å². The van der Waals surface area contributed by atoms with Gasteiger partial charge in [0.15, 0.2) is 0 Å². The highest BCUT2D eigenvalue weighted by molar-refractivity contribution is 5.32. The van der Waals surface area contributed by atoms with Gasteiger partial charge in [0.25, 0.3) is 0 Å². The molecule has 0 aliphatic heterocycles. The van der Waals surface area contributed by atoms with E-state index in [0.29, 0.717) is 0 Å². The second kappa shape index (κ2) is 4.44. The van der Waals surface area contributed by atoms with E-state index in [4.69, 9.17) is 10.5 Å². The second-order valence-electron chi connectivity index (χ2n) is 4.76. The molecule has 88 valence electrons. The van der Waals surface area contributed by atoms with Crippen LogP contribution in [0.25, 0.3) is 0 Å². The van der Waals surface area contributed by atoms with Crippen LogP contribution in [0.15, 0.2) is 24.3 Å². The Labute approximate surface area is 96.2 Å². The summed E-state index contributed by atoms with van der Waals surface area (Å²) in [6, 6.07) is 7.55. The van der Waals surface area contributed by atoms with Crippen LogP contribution in [0.3, 0.4) is 0 Å². The molecule has 3 nitrogen and oxygen atoms in total. The molecule has 0 radical (unpaired) electrons. The summed E-state index contributed by atoms with van der Waals surface area (Å²) in [5.41, 5.74) is 5.37. The van der Waals surface area contributed by atoms with Gasteiger partial charge in [-0.15, -0.1) is 0 Å². The Morgan fingerprint density at radius 2 is 2.25 bits per heavy atom. The van der Waals surface area contributed by atoms with Crippen molar-refractivity contribution in [3.05, 3.63) is 29.8 Å². The summed E-state index contributed by atoms with van der Waals surface area (Å²) in [6.45, 7) is 2.71. The minimum atomic E-state index is -0.973. The van der Waals surface area contributed by atoms with E-state index in [-0.39, 0.29) is 6.54 Å². The van der Waals surface area contributed by atoms with E-state index < -0.39 is 5.60 Å². The van der Waals surface area contributed by atoms with Gasteiger partial charge in [-0.05, 0) is 43.4 Å². The molecule has 2 rings (SSSR count). The lowest BCUT2D eigenvalue weighted by Crippen LogP contribution is -2.31. The zero-order chi connectivity index (χ0) is 11.6. The standard InChI is InChI=1S/C13H19NO2/c1-13(15,9-14)11-3-2-4-12(7-11)16-8-10-5-6-10/h2-4,7,10,15H,5-6,8-9,14H2,1H3/t13-/m0/s1. The quantitative estimate of drug-likeness (QED) is 0.794. The highest BCUT2D eigenvalue weighted by atomic mass is 16.5. The minimum absolute atomic E-state index is 0.207. The predicted octanol–water partition coefficient (Wildman–Crippen LogP) is 1.64. The summed E-state index contributed by atoms with van der Waals surface area (Å²) in [6.07, 6.45) is 2.56. The van der Waals surface area contributed by atoms with E-state index in [1.54, 1.807) is 6.92 Å². The first-order chi connectivity index (χ1) is 7.62. The van der Waals surface area contributed by atoms with Crippen molar-refractivity contribution in [3.63, 3.8) is 0 Å². The molecule has 0 bridgehead atoms. The molecule has 0 spiro atoms. The Kier molecular flexibility index (Phi) is 3.17. The summed E-state index contributed by atoms with van der Waals surface area (Å²) in [5, 5.41) is 10.0. The summed E-state index contributed by atoms with van der Waals surface area (Å²) < 4.78 is 5.66. The van der Waals surface area contributed by atoms with Gasteiger partial charge >= 0.3 is 0 Å². The molecule has 1 aliphatic rings. The molecule has 1 aliphatic carbocycles. The Morgan fingerprint density at radius 3 is 2.88 bits per heavy atom. The molecule has 1 fully saturated rings. The van der Waals surface area contributed by atoms with Crippen molar-refractivity contribution in [3.8, 4) is 5.75 Å². The van der Waals surface area contributed by atoms with Gasteiger partial charge in [0, 0.05) is 6.54 Å². The van der Waals surface area contributed by atoms with Crippen molar-refractivity contribution in [2.75, 3.05) is 13.2 Å². The van der Waals surface area contributed by atoms with E-state index in [2.05, 4.69) is 0 Å². The van der Waals surface area contributed by atoms with Gasteiger partial charge in [-0.25, -0.2) is 0 Å². The van der Waals surface area contributed by atoms with Crippen LogP contribution in [-0.4, -0.2) is 18.3 Å². The van der Waals surface area contributed by atoms with Crippen molar-refractivity contribution in [1.82, 2.24) is 0 Å². The highest BCUT2D eigenvalue weighted by Gasteiger charge is 2.23. The maximum absolute atomic E-state index is 10.0. The van der Waals surface area contributed by atoms with Crippen molar-refractivity contribution in [2.24, 2.45) is 11.7 Å². The zero-order valence-electron chi connectivity index (χ0n) is 9.65. The summed E-state index contributed by atoms with van der Waals surface area (Å²) in [4.78, 5) is 0. The third kappa shape index (κ3) is 2.74. The Balaban J connectivity index is 2.05. The smallest absolute Gasteiger partial charge is 0.119 e. The number of hydrogen-bond donors (Lipinski definition) is 2. The third-order valence-electron chi connectivity index (χ3n) is 3.04. The summed E-state index contributed by atoms with van der Waals surface area (Å²) in [7, 11) is 0. The van der Waals surface area contributed by atoms with E-state index >= 15 is 0 Å². The number of nitrogens with two attached hydrogens (primary N) is 1. The van der Waals surface area contributed by atoms with Gasteiger partial charge < -0.3 is 15.6 Å². The predicted molar refractivity (Wildman–Crippen MR) is 63.3 cm³/mol. The molecule has 0 saturated heterocycles. The lowest BCUT2D eigenvalue weighted by atomic mass is 9.96. The van der Waals surface area contributed by atoms with Gasteiger partial charge in [0.2, 0.25) is 0 Å². The monoisotopic (exact) mass is 221 g/mol. The number of rotatable bonds is 5. The second-order valence-corrected chi connectivity index (χ2v) is 4.76. The van der Waals surface area contributed by atoms with Crippen LogP contribution in [0.5, 0.6) is 5.75 Å². The van der Waals surface area contributed by atoms with Gasteiger partial charge in [-0.2, -0.15) is 0 Å². The van der Waals surface area contributed by atoms with Gasteiger partial charge in [-0.1, -0.05) is 12.1 Å². The number of benzene rings is 1. The number of ether oxygens (including phenoxy) is 1.